The van der Waals surface area contributed by atoms with Crippen molar-refractivity contribution in [2.75, 3.05) is 6.61 Å². The molecule has 0 saturated carbocycles. The number of aryl methyl sites for hydroxylation is 1. The maximum Gasteiger partial charge on any atom is 0.105 e. The van der Waals surface area contributed by atoms with Crippen LogP contribution < -0.4 is 0 Å². The van der Waals surface area contributed by atoms with E-state index >= 15 is 0 Å². The summed E-state index contributed by atoms with van der Waals surface area (Å²) < 4.78 is 5.64. The zero-order chi connectivity index (χ0) is 12.8. The van der Waals surface area contributed by atoms with Gasteiger partial charge in [-0.15, -0.1) is 0 Å². The van der Waals surface area contributed by atoms with Gasteiger partial charge in [-0.3, -0.25) is 0 Å². The molecular weight excluding hydrogens is 212 g/mol. The van der Waals surface area contributed by atoms with Crippen LogP contribution in [0.15, 0.2) is 18.2 Å². The molecule has 1 aromatic carbocycles. The standard InChI is InChI=1S/C15H24O2/c1-5-8-14(17-6-2)15(16)13-10-7-9-11(3)12(13)4/h7,9-10,14-16H,5-6,8H2,1-4H3. The minimum atomic E-state index is -0.519. The van der Waals surface area contributed by atoms with Crippen LogP contribution in [0.4, 0.5) is 0 Å². The molecule has 0 amide bonds. The van der Waals surface area contributed by atoms with E-state index in [1.807, 2.05) is 19.1 Å². The molecule has 0 aliphatic heterocycles. The summed E-state index contributed by atoms with van der Waals surface area (Å²) in [5.41, 5.74) is 3.38. The molecule has 0 spiro atoms. The van der Waals surface area contributed by atoms with E-state index in [9.17, 15) is 5.11 Å². The lowest BCUT2D eigenvalue weighted by molar-refractivity contribution is -0.0387. The van der Waals surface area contributed by atoms with Gasteiger partial charge in [-0.05, 0) is 43.9 Å². The first-order chi connectivity index (χ1) is 8.11. The van der Waals surface area contributed by atoms with Gasteiger partial charge in [0.2, 0.25) is 0 Å². The summed E-state index contributed by atoms with van der Waals surface area (Å²) in [6, 6.07) is 6.06. The maximum atomic E-state index is 10.4. The van der Waals surface area contributed by atoms with Gasteiger partial charge in [0, 0.05) is 6.61 Å². The van der Waals surface area contributed by atoms with Crippen LogP contribution in [0.5, 0.6) is 0 Å². The van der Waals surface area contributed by atoms with Crippen molar-refractivity contribution in [1.82, 2.24) is 0 Å². The molecule has 2 nitrogen and oxygen atoms in total. The van der Waals surface area contributed by atoms with Crippen LogP contribution >= 0.6 is 0 Å². The van der Waals surface area contributed by atoms with Crippen molar-refractivity contribution in [1.29, 1.82) is 0 Å². The Labute approximate surface area is 105 Å². The third-order valence-electron chi connectivity index (χ3n) is 3.27. The van der Waals surface area contributed by atoms with Gasteiger partial charge in [0.1, 0.15) is 6.10 Å². The van der Waals surface area contributed by atoms with Gasteiger partial charge in [0.25, 0.3) is 0 Å². The molecule has 0 radical (unpaired) electrons. The molecule has 0 aliphatic rings. The Bertz CT molecular complexity index is 341. The van der Waals surface area contributed by atoms with E-state index in [1.54, 1.807) is 0 Å². The number of rotatable bonds is 6. The number of hydrogen-bond donors (Lipinski definition) is 1. The second-order valence-corrected chi connectivity index (χ2v) is 4.52. The van der Waals surface area contributed by atoms with Gasteiger partial charge >= 0.3 is 0 Å². The topological polar surface area (TPSA) is 29.5 Å². The molecule has 1 aromatic rings. The van der Waals surface area contributed by atoms with Gasteiger partial charge in [-0.25, -0.2) is 0 Å². The first-order valence-corrected chi connectivity index (χ1v) is 6.47. The Morgan fingerprint density at radius 2 is 1.94 bits per heavy atom. The second kappa shape index (κ2) is 6.77. The van der Waals surface area contributed by atoms with Crippen LogP contribution in [0, 0.1) is 13.8 Å². The van der Waals surface area contributed by atoms with E-state index in [0.29, 0.717) is 6.61 Å². The van der Waals surface area contributed by atoms with Crippen LogP contribution in [-0.2, 0) is 4.74 Å². The summed E-state index contributed by atoms with van der Waals surface area (Å²) in [6.07, 6.45) is 1.30. The Hall–Kier alpha value is -0.860. The smallest absolute Gasteiger partial charge is 0.105 e. The Kier molecular flexibility index (Phi) is 5.66. The first kappa shape index (κ1) is 14.2. The predicted octanol–water partition coefficient (Wildman–Crippen LogP) is 3.54. The summed E-state index contributed by atoms with van der Waals surface area (Å²) in [7, 11) is 0. The lowest BCUT2D eigenvalue weighted by atomic mass is 9.94. The molecule has 2 atom stereocenters. The van der Waals surface area contributed by atoms with Crippen LogP contribution in [0.2, 0.25) is 0 Å². The zero-order valence-corrected chi connectivity index (χ0v) is 11.4. The van der Waals surface area contributed by atoms with Gasteiger partial charge in [-0.1, -0.05) is 31.5 Å². The monoisotopic (exact) mass is 236 g/mol. The van der Waals surface area contributed by atoms with Gasteiger partial charge in [-0.2, -0.15) is 0 Å². The van der Waals surface area contributed by atoms with Gasteiger partial charge in [0.05, 0.1) is 6.10 Å². The number of hydrogen-bond acceptors (Lipinski definition) is 2. The molecule has 2 unspecified atom stereocenters. The van der Waals surface area contributed by atoms with E-state index in [-0.39, 0.29) is 6.10 Å². The number of aliphatic hydroxyl groups excluding tert-OH is 1. The highest BCUT2D eigenvalue weighted by Crippen LogP contribution is 2.26. The van der Waals surface area contributed by atoms with E-state index in [1.165, 1.54) is 11.1 Å². The summed E-state index contributed by atoms with van der Waals surface area (Å²) in [6.45, 7) is 8.86. The molecule has 0 saturated heterocycles. The molecule has 0 fully saturated rings. The van der Waals surface area contributed by atoms with Crippen molar-refractivity contribution in [3.05, 3.63) is 34.9 Å². The summed E-state index contributed by atoms with van der Waals surface area (Å²) in [5, 5.41) is 10.4. The van der Waals surface area contributed by atoms with Crippen LogP contribution in [0.1, 0.15) is 49.5 Å². The average Bonchev–Trinajstić information content (AvgIpc) is 2.31. The SMILES string of the molecule is CCCC(OCC)C(O)c1cccc(C)c1C. The highest BCUT2D eigenvalue weighted by molar-refractivity contribution is 5.35. The van der Waals surface area contributed by atoms with Crippen molar-refractivity contribution in [3.8, 4) is 0 Å². The molecule has 17 heavy (non-hydrogen) atoms. The largest absolute Gasteiger partial charge is 0.386 e. The third kappa shape index (κ3) is 3.55. The quantitative estimate of drug-likeness (QED) is 0.818. The normalized spacial score (nSPS) is 14.6. The van der Waals surface area contributed by atoms with Crippen LogP contribution in [0.25, 0.3) is 0 Å². The minimum Gasteiger partial charge on any atom is -0.386 e. The summed E-state index contributed by atoms with van der Waals surface area (Å²) in [4.78, 5) is 0. The van der Waals surface area contributed by atoms with Crippen molar-refractivity contribution in [2.45, 2.75) is 52.7 Å². The van der Waals surface area contributed by atoms with Crippen LogP contribution in [-0.4, -0.2) is 17.8 Å². The Balaban J connectivity index is 2.92. The first-order valence-electron chi connectivity index (χ1n) is 6.47. The van der Waals surface area contributed by atoms with Gasteiger partial charge < -0.3 is 9.84 Å². The Morgan fingerprint density at radius 1 is 1.24 bits per heavy atom. The summed E-state index contributed by atoms with van der Waals surface area (Å²) in [5.74, 6) is 0. The minimum absolute atomic E-state index is 0.0921. The number of ether oxygens (including phenoxy) is 1. The molecular formula is C15H24O2. The van der Waals surface area contributed by atoms with E-state index in [2.05, 4.69) is 26.8 Å². The van der Waals surface area contributed by atoms with Crippen LogP contribution in [0.3, 0.4) is 0 Å². The fourth-order valence-corrected chi connectivity index (χ4v) is 2.13. The molecule has 0 heterocycles. The molecule has 2 heteroatoms. The zero-order valence-electron chi connectivity index (χ0n) is 11.4. The Morgan fingerprint density at radius 3 is 2.53 bits per heavy atom. The molecule has 1 N–H and O–H groups in total. The van der Waals surface area contributed by atoms with Crippen molar-refractivity contribution in [3.63, 3.8) is 0 Å². The molecule has 96 valence electrons. The highest BCUT2D eigenvalue weighted by Gasteiger charge is 2.22. The predicted molar refractivity (Wildman–Crippen MR) is 71.2 cm³/mol. The van der Waals surface area contributed by atoms with Crippen molar-refractivity contribution >= 4 is 0 Å². The van der Waals surface area contributed by atoms with E-state index < -0.39 is 6.10 Å². The van der Waals surface area contributed by atoms with Crippen molar-refractivity contribution < 1.29 is 9.84 Å². The third-order valence-corrected chi connectivity index (χ3v) is 3.27. The second-order valence-electron chi connectivity index (χ2n) is 4.52. The number of benzene rings is 1. The number of aliphatic hydroxyl groups is 1. The fraction of sp³-hybridized carbons (Fsp3) is 0.600. The average molecular weight is 236 g/mol. The molecule has 0 aliphatic carbocycles. The molecule has 0 bridgehead atoms. The van der Waals surface area contributed by atoms with Crippen molar-refractivity contribution in [2.24, 2.45) is 0 Å². The lowest BCUT2D eigenvalue weighted by Gasteiger charge is -2.24. The molecule has 0 aromatic heterocycles. The fourth-order valence-electron chi connectivity index (χ4n) is 2.13. The van der Waals surface area contributed by atoms with E-state index in [0.717, 1.165) is 18.4 Å². The van der Waals surface area contributed by atoms with Gasteiger partial charge in [0.15, 0.2) is 0 Å². The maximum absolute atomic E-state index is 10.4. The van der Waals surface area contributed by atoms with E-state index in [4.69, 9.17) is 4.74 Å². The summed E-state index contributed by atoms with van der Waals surface area (Å²) >= 11 is 0. The molecule has 1 rings (SSSR count). The lowest BCUT2D eigenvalue weighted by Crippen LogP contribution is -2.23. The highest BCUT2D eigenvalue weighted by atomic mass is 16.5.